The lowest BCUT2D eigenvalue weighted by Gasteiger charge is -2.30. The van der Waals surface area contributed by atoms with Crippen molar-refractivity contribution in [1.82, 2.24) is 10.2 Å². The molecule has 21 heavy (non-hydrogen) atoms. The molecule has 0 saturated carbocycles. The summed E-state index contributed by atoms with van der Waals surface area (Å²) in [5.41, 5.74) is -1.68. The van der Waals surface area contributed by atoms with Crippen molar-refractivity contribution in [2.24, 2.45) is 0 Å². The second-order valence-corrected chi connectivity index (χ2v) is 5.12. The van der Waals surface area contributed by atoms with Crippen LogP contribution in [0.1, 0.15) is 23.2 Å². The van der Waals surface area contributed by atoms with Gasteiger partial charge in [-0.25, -0.2) is 4.39 Å². The van der Waals surface area contributed by atoms with Crippen LogP contribution in [0.5, 0.6) is 0 Å². The third kappa shape index (κ3) is 3.52. The Labute approximate surface area is 119 Å². The fraction of sp³-hybridized carbons (Fsp3) is 0.462. The number of nitro groups is 1. The lowest BCUT2D eigenvalue weighted by Crippen LogP contribution is -2.46. The number of likely N-dealkylation sites (tertiary alicyclic amines) is 1. The average molecular weight is 299 g/mol. The predicted octanol–water partition coefficient (Wildman–Crippen LogP) is 1.70. The number of nitrogens with one attached hydrogen (secondary N) is 1. The maximum atomic E-state index is 13.9. The number of nitro benzene ring substituents is 1. The van der Waals surface area contributed by atoms with Crippen LogP contribution in [0.25, 0.3) is 0 Å². The Hall–Kier alpha value is -2.09. The van der Waals surface area contributed by atoms with Gasteiger partial charge in [-0.15, -0.1) is 0 Å². The molecular formula is C13H15F2N3O3. The van der Waals surface area contributed by atoms with Crippen LogP contribution in [0.3, 0.4) is 0 Å². The number of halogens is 2. The van der Waals surface area contributed by atoms with Crippen molar-refractivity contribution >= 4 is 11.6 Å². The van der Waals surface area contributed by atoms with E-state index in [4.69, 9.17) is 0 Å². The quantitative estimate of drug-likeness (QED) is 0.681. The van der Waals surface area contributed by atoms with Crippen molar-refractivity contribution in [3.05, 3.63) is 39.4 Å². The number of carbonyl (C=O) groups excluding carboxylic acids is 1. The molecule has 0 aromatic heterocycles. The SMILES string of the molecule is CN1CCCC(NC(=O)c2cc(F)cc([N+](=O)[O-])c2F)C1. The number of carbonyl (C=O) groups is 1. The van der Waals surface area contributed by atoms with Crippen molar-refractivity contribution in [2.45, 2.75) is 18.9 Å². The molecule has 114 valence electrons. The molecule has 1 N–H and O–H groups in total. The van der Waals surface area contributed by atoms with E-state index in [2.05, 4.69) is 5.32 Å². The predicted molar refractivity (Wildman–Crippen MR) is 71.0 cm³/mol. The van der Waals surface area contributed by atoms with Crippen LogP contribution in [0, 0.1) is 21.7 Å². The topological polar surface area (TPSA) is 75.5 Å². The molecule has 6 nitrogen and oxygen atoms in total. The van der Waals surface area contributed by atoms with Crippen LogP contribution < -0.4 is 5.32 Å². The number of piperidine rings is 1. The lowest BCUT2D eigenvalue weighted by molar-refractivity contribution is -0.387. The van der Waals surface area contributed by atoms with Gasteiger partial charge in [0.1, 0.15) is 5.82 Å². The Morgan fingerprint density at radius 3 is 2.81 bits per heavy atom. The highest BCUT2D eigenvalue weighted by Gasteiger charge is 2.26. The first-order chi connectivity index (χ1) is 9.88. The van der Waals surface area contributed by atoms with E-state index in [0.29, 0.717) is 18.7 Å². The fourth-order valence-electron chi connectivity index (χ4n) is 2.42. The molecule has 1 aromatic rings. The van der Waals surface area contributed by atoms with E-state index in [-0.39, 0.29) is 6.04 Å². The van der Waals surface area contributed by atoms with Gasteiger partial charge in [-0.05, 0) is 32.5 Å². The highest BCUT2D eigenvalue weighted by molar-refractivity contribution is 5.95. The summed E-state index contributed by atoms with van der Waals surface area (Å²) in [5.74, 6) is -3.17. The van der Waals surface area contributed by atoms with Gasteiger partial charge >= 0.3 is 5.69 Å². The second kappa shape index (κ2) is 6.13. The molecule has 0 spiro atoms. The van der Waals surface area contributed by atoms with Gasteiger partial charge in [-0.3, -0.25) is 14.9 Å². The van der Waals surface area contributed by atoms with Crippen molar-refractivity contribution in [3.63, 3.8) is 0 Å². The van der Waals surface area contributed by atoms with Crippen LogP contribution >= 0.6 is 0 Å². The van der Waals surface area contributed by atoms with E-state index in [1.54, 1.807) is 0 Å². The number of amides is 1. The van der Waals surface area contributed by atoms with Crippen LogP contribution in [0.15, 0.2) is 12.1 Å². The monoisotopic (exact) mass is 299 g/mol. The number of likely N-dealkylation sites (N-methyl/N-ethyl adjacent to an activating group) is 1. The summed E-state index contributed by atoms with van der Waals surface area (Å²) in [4.78, 5) is 23.6. The Balaban J connectivity index is 2.21. The molecule has 1 amide bonds. The van der Waals surface area contributed by atoms with Crippen molar-refractivity contribution in [2.75, 3.05) is 20.1 Å². The van der Waals surface area contributed by atoms with Gasteiger partial charge in [0, 0.05) is 12.6 Å². The molecule has 1 aliphatic heterocycles. The maximum Gasteiger partial charge on any atom is 0.308 e. The summed E-state index contributed by atoms with van der Waals surface area (Å²) in [6.45, 7) is 1.51. The molecule has 0 aliphatic carbocycles. The third-order valence-corrected chi connectivity index (χ3v) is 3.42. The van der Waals surface area contributed by atoms with E-state index in [1.807, 2.05) is 11.9 Å². The largest absolute Gasteiger partial charge is 0.348 e. The molecular weight excluding hydrogens is 284 g/mol. The molecule has 1 heterocycles. The smallest absolute Gasteiger partial charge is 0.308 e. The molecule has 2 rings (SSSR count). The summed E-state index contributed by atoms with van der Waals surface area (Å²) in [6, 6.07) is 0.947. The number of hydrogen-bond acceptors (Lipinski definition) is 4. The zero-order chi connectivity index (χ0) is 15.6. The van der Waals surface area contributed by atoms with Gasteiger partial charge in [0.15, 0.2) is 0 Å². The molecule has 1 atom stereocenters. The number of benzene rings is 1. The minimum Gasteiger partial charge on any atom is -0.348 e. The highest BCUT2D eigenvalue weighted by atomic mass is 19.1. The van der Waals surface area contributed by atoms with Gasteiger partial charge in [0.25, 0.3) is 5.91 Å². The summed E-state index contributed by atoms with van der Waals surface area (Å²) in [7, 11) is 1.89. The minimum atomic E-state index is -1.32. The Bertz CT molecular complexity index is 580. The first kappa shape index (κ1) is 15.3. The first-order valence-corrected chi connectivity index (χ1v) is 6.51. The normalized spacial score (nSPS) is 19.3. The van der Waals surface area contributed by atoms with Crippen molar-refractivity contribution in [3.8, 4) is 0 Å². The molecule has 1 saturated heterocycles. The lowest BCUT2D eigenvalue weighted by atomic mass is 10.1. The molecule has 0 bridgehead atoms. The number of rotatable bonds is 3. The summed E-state index contributed by atoms with van der Waals surface area (Å²) < 4.78 is 27.2. The van der Waals surface area contributed by atoms with E-state index in [9.17, 15) is 23.7 Å². The van der Waals surface area contributed by atoms with Gasteiger partial charge in [0.05, 0.1) is 16.6 Å². The number of hydrogen-bond donors (Lipinski definition) is 1. The zero-order valence-electron chi connectivity index (χ0n) is 11.4. The van der Waals surface area contributed by atoms with Crippen LogP contribution in [-0.4, -0.2) is 41.9 Å². The molecule has 1 aromatic carbocycles. The zero-order valence-corrected chi connectivity index (χ0v) is 11.4. The third-order valence-electron chi connectivity index (χ3n) is 3.42. The summed E-state index contributed by atoms with van der Waals surface area (Å²) >= 11 is 0. The van der Waals surface area contributed by atoms with E-state index < -0.39 is 33.7 Å². The summed E-state index contributed by atoms with van der Waals surface area (Å²) in [6.07, 6.45) is 1.61. The van der Waals surface area contributed by atoms with Crippen LogP contribution in [-0.2, 0) is 0 Å². The first-order valence-electron chi connectivity index (χ1n) is 6.51. The Morgan fingerprint density at radius 1 is 1.48 bits per heavy atom. The highest BCUT2D eigenvalue weighted by Crippen LogP contribution is 2.22. The Morgan fingerprint density at radius 2 is 2.19 bits per heavy atom. The standard InChI is InChI=1S/C13H15F2N3O3/c1-17-4-2-3-9(7-17)16-13(19)10-5-8(14)6-11(12(10)15)18(20)21/h5-6,9H,2-4,7H2,1H3,(H,16,19). The molecule has 8 heteroatoms. The second-order valence-electron chi connectivity index (χ2n) is 5.12. The van der Waals surface area contributed by atoms with E-state index in [1.165, 1.54) is 0 Å². The minimum absolute atomic E-state index is 0.182. The van der Waals surface area contributed by atoms with E-state index in [0.717, 1.165) is 19.4 Å². The van der Waals surface area contributed by atoms with Crippen molar-refractivity contribution in [1.29, 1.82) is 0 Å². The Kier molecular flexibility index (Phi) is 4.46. The molecule has 1 aliphatic rings. The van der Waals surface area contributed by atoms with E-state index >= 15 is 0 Å². The maximum absolute atomic E-state index is 13.9. The molecule has 1 unspecified atom stereocenters. The fourth-order valence-corrected chi connectivity index (χ4v) is 2.42. The van der Waals surface area contributed by atoms with Gasteiger partial charge in [-0.2, -0.15) is 4.39 Å². The van der Waals surface area contributed by atoms with Crippen LogP contribution in [0.4, 0.5) is 14.5 Å². The summed E-state index contributed by atoms with van der Waals surface area (Å²) in [5, 5.41) is 13.2. The molecule has 0 radical (unpaired) electrons. The molecule has 1 fully saturated rings. The van der Waals surface area contributed by atoms with Crippen LogP contribution in [0.2, 0.25) is 0 Å². The average Bonchev–Trinajstić information content (AvgIpc) is 2.40. The van der Waals surface area contributed by atoms with Gasteiger partial charge in [-0.1, -0.05) is 0 Å². The van der Waals surface area contributed by atoms with Gasteiger partial charge < -0.3 is 10.2 Å². The van der Waals surface area contributed by atoms with Crippen molar-refractivity contribution < 1.29 is 18.5 Å². The van der Waals surface area contributed by atoms with Gasteiger partial charge in [0.2, 0.25) is 5.82 Å². The number of nitrogens with zero attached hydrogens (tertiary/aromatic N) is 2.